The molecule has 0 aliphatic heterocycles. The van der Waals surface area contributed by atoms with E-state index in [1.165, 1.54) is 49.2 Å². The standard InChI is InChI=1S/C53H34N2O/c1-3-11-35(12-4-1)36-25-28-43(29-26-36)55(44-18-9-17-41(33-44)47-20-10-16-37-13-7-8-19-46(37)47)45-30-31-48-42(34-45)24-23-38-21-22-39-27-32-49-52(51(39)50(38)48)56-53(54-49)40-14-5-2-6-15-40/h1-34H. The van der Waals surface area contributed by atoms with Crippen LogP contribution in [0.3, 0.4) is 0 Å². The first kappa shape index (κ1) is 32.0. The minimum Gasteiger partial charge on any atom is -0.435 e. The first-order chi connectivity index (χ1) is 27.7. The van der Waals surface area contributed by atoms with Crippen LogP contribution in [0.2, 0.25) is 0 Å². The van der Waals surface area contributed by atoms with Crippen LogP contribution in [0.5, 0.6) is 0 Å². The Bertz CT molecular complexity index is 3230. The van der Waals surface area contributed by atoms with Crippen molar-refractivity contribution in [3.05, 3.63) is 206 Å². The maximum Gasteiger partial charge on any atom is 0.227 e. The molecule has 0 saturated carbocycles. The van der Waals surface area contributed by atoms with Gasteiger partial charge in [0, 0.05) is 33.4 Å². The fourth-order valence-electron chi connectivity index (χ4n) is 8.35. The second-order valence-electron chi connectivity index (χ2n) is 14.4. The number of hydrogen-bond donors (Lipinski definition) is 0. The lowest BCUT2D eigenvalue weighted by Gasteiger charge is -2.27. The molecule has 262 valence electrons. The molecule has 0 aliphatic rings. The van der Waals surface area contributed by atoms with Crippen molar-refractivity contribution in [3.63, 3.8) is 0 Å². The Kier molecular flexibility index (Phi) is 7.49. The zero-order valence-corrected chi connectivity index (χ0v) is 30.4. The minimum atomic E-state index is 0.632. The van der Waals surface area contributed by atoms with E-state index in [4.69, 9.17) is 9.40 Å². The lowest BCUT2D eigenvalue weighted by molar-refractivity contribution is 0.623. The first-order valence-corrected chi connectivity index (χ1v) is 19.0. The van der Waals surface area contributed by atoms with Crippen LogP contribution in [0, 0.1) is 0 Å². The molecule has 0 amide bonds. The molecule has 0 spiro atoms. The molecule has 0 aliphatic carbocycles. The highest BCUT2D eigenvalue weighted by atomic mass is 16.3. The summed E-state index contributed by atoms with van der Waals surface area (Å²) in [5, 5.41) is 9.35. The maximum atomic E-state index is 6.60. The summed E-state index contributed by atoms with van der Waals surface area (Å²) in [7, 11) is 0. The normalized spacial score (nSPS) is 11.6. The molecule has 0 atom stereocenters. The van der Waals surface area contributed by atoms with Gasteiger partial charge in [-0.3, -0.25) is 0 Å². The van der Waals surface area contributed by atoms with Gasteiger partial charge in [0.2, 0.25) is 5.89 Å². The molecular formula is C53H34N2O. The number of anilines is 3. The van der Waals surface area contributed by atoms with Crippen LogP contribution >= 0.6 is 0 Å². The van der Waals surface area contributed by atoms with Gasteiger partial charge in [0.15, 0.2) is 5.58 Å². The highest BCUT2D eigenvalue weighted by Crippen LogP contribution is 2.43. The number of oxazole rings is 1. The van der Waals surface area contributed by atoms with Crippen LogP contribution in [-0.2, 0) is 0 Å². The van der Waals surface area contributed by atoms with E-state index in [0.29, 0.717) is 5.89 Å². The molecular weight excluding hydrogens is 681 g/mol. The third-order valence-electron chi connectivity index (χ3n) is 11.0. The van der Waals surface area contributed by atoms with Gasteiger partial charge in [0.05, 0.1) is 0 Å². The summed E-state index contributed by atoms with van der Waals surface area (Å²) in [5.74, 6) is 0.632. The van der Waals surface area contributed by atoms with E-state index in [1.807, 2.05) is 30.3 Å². The van der Waals surface area contributed by atoms with E-state index in [0.717, 1.165) is 49.9 Å². The van der Waals surface area contributed by atoms with Crippen LogP contribution in [-0.4, -0.2) is 4.98 Å². The second-order valence-corrected chi connectivity index (χ2v) is 14.4. The van der Waals surface area contributed by atoms with E-state index in [-0.39, 0.29) is 0 Å². The summed E-state index contributed by atoms with van der Waals surface area (Å²) >= 11 is 0. The minimum absolute atomic E-state index is 0.632. The van der Waals surface area contributed by atoms with Gasteiger partial charge in [-0.1, -0.05) is 152 Å². The fourth-order valence-corrected chi connectivity index (χ4v) is 8.35. The van der Waals surface area contributed by atoms with Crippen molar-refractivity contribution in [2.45, 2.75) is 0 Å². The summed E-state index contributed by atoms with van der Waals surface area (Å²) in [5.41, 5.74) is 10.7. The summed E-state index contributed by atoms with van der Waals surface area (Å²) in [6.07, 6.45) is 0. The molecule has 0 unspecified atom stereocenters. The molecule has 3 heteroatoms. The Balaban J connectivity index is 1.10. The van der Waals surface area contributed by atoms with E-state index in [9.17, 15) is 0 Å². The number of hydrogen-bond acceptors (Lipinski definition) is 3. The molecule has 1 heterocycles. The Hall–Kier alpha value is -7.49. The number of nitrogens with zero attached hydrogens (tertiary/aromatic N) is 2. The molecule has 0 fully saturated rings. The van der Waals surface area contributed by atoms with Gasteiger partial charge in [-0.25, -0.2) is 4.98 Å². The third-order valence-corrected chi connectivity index (χ3v) is 11.0. The molecule has 11 aromatic rings. The van der Waals surface area contributed by atoms with Gasteiger partial charge in [-0.05, 0) is 109 Å². The molecule has 1 aromatic heterocycles. The van der Waals surface area contributed by atoms with Crippen LogP contribution in [0.25, 0.3) is 87.9 Å². The van der Waals surface area contributed by atoms with Crippen LogP contribution < -0.4 is 4.90 Å². The van der Waals surface area contributed by atoms with Crippen molar-refractivity contribution in [1.29, 1.82) is 0 Å². The molecule has 10 aromatic carbocycles. The molecule has 11 rings (SSSR count). The van der Waals surface area contributed by atoms with Crippen LogP contribution in [0.1, 0.15) is 0 Å². The van der Waals surface area contributed by atoms with Gasteiger partial charge in [0.1, 0.15) is 5.52 Å². The first-order valence-electron chi connectivity index (χ1n) is 19.0. The monoisotopic (exact) mass is 714 g/mol. The topological polar surface area (TPSA) is 29.3 Å². The van der Waals surface area contributed by atoms with Crippen molar-refractivity contribution in [1.82, 2.24) is 4.98 Å². The Morgan fingerprint density at radius 2 is 0.964 bits per heavy atom. The Morgan fingerprint density at radius 3 is 1.79 bits per heavy atom. The number of benzene rings is 10. The zero-order chi connectivity index (χ0) is 37.0. The Labute approximate surface area is 324 Å². The molecule has 0 bridgehead atoms. The molecule has 0 radical (unpaired) electrons. The molecule has 0 saturated heterocycles. The lowest BCUT2D eigenvalue weighted by Crippen LogP contribution is -2.10. The smallest absolute Gasteiger partial charge is 0.227 e. The SMILES string of the molecule is c1ccc(-c2ccc(N(c3cccc(-c4cccc5ccccc45)c3)c3ccc4c(ccc5ccc6ccc7nc(-c8ccccc8)oc7c6c54)c3)cc2)cc1. The van der Waals surface area contributed by atoms with Gasteiger partial charge in [0.25, 0.3) is 0 Å². The van der Waals surface area contributed by atoms with E-state index in [2.05, 4.69) is 181 Å². The second kappa shape index (κ2) is 13.1. The van der Waals surface area contributed by atoms with Crippen molar-refractivity contribution < 1.29 is 4.42 Å². The summed E-state index contributed by atoms with van der Waals surface area (Å²) in [6.45, 7) is 0. The quantitative estimate of drug-likeness (QED) is 0.161. The summed E-state index contributed by atoms with van der Waals surface area (Å²) < 4.78 is 6.60. The predicted molar refractivity (Wildman–Crippen MR) is 235 cm³/mol. The average molecular weight is 715 g/mol. The maximum absolute atomic E-state index is 6.60. The van der Waals surface area contributed by atoms with E-state index >= 15 is 0 Å². The summed E-state index contributed by atoms with van der Waals surface area (Å²) in [6, 6.07) is 73.6. The Morgan fingerprint density at radius 1 is 0.357 bits per heavy atom. The molecule has 0 N–H and O–H groups in total. The van der Waals surface area contributed by atoms with Crippen molar-refractivity contribution >= 4 is 71.3 Å². The fraction of sp³-hybridized carbons (Fsp3) is 0. The van der Waals surface area contributed by atoms with Gasteiger partial charge < -0.3 is 9.32 Å². The lowest BCUT2D eigenvalue weighted by atomic mass is 9.95. The predicted octanol–water partition coefficient (Wildman–Crippen LogP) is 14.9. The van der Waals surface area contributed by atoms with Gasteiger partial charge in [-0.15, -0.1) is 0 Å². The average Bonchev–Trinajstić information content (AvgIpc) is 3.72. The molecule has 56 heavy (non-hydrogen) atoms. The zero-order valence-electron chi connectivity index (χ0n) is 30.4. The highest BCUT2D eigenvalue weighted by Gasteiger charge is 2.18. The largest absolute Gasteiger partial charge is 0.435 e. The van der Waals surface area contributed by atoms with Crippen molar-refractivity contribution in [3.8, 4) is 33.7 Å². The number of aromatic nitrogens is 1. The van der Waals surface area contributed by atoms with E-state index in [1.54, 1.807) is 0 Å². The third kappa shape index (κ3) is 5.40. The van der Waals surface area contributed by atoms with Crippen molar-refractivity contribution in [2.24, 2.45) is 0 Å². The molecule has 3 nitrogen and oxygen atoms in total. The highest BCUT2D eigenvalue weighted by molar-refractivity contribution is 6.26. The number of fused-ring (bicyclic) bond motifs is 8. The number of rotatable bonds is 6. The van der Waals surface area contributed by atoms with Crippen LogP contribution in [0.4, 0.5) is 17.1 Å². The van der Waals surface area contributed by atoms with E-state index < -0.39 is 0 Å². The van der Waals surface area contributed by atoms with Gasteiger partial charge in [-0.2, -0.15) is 0 Å². The van der Waals surface area contributed by atoms with Crippen molar-refractivity contribution in [2.75, 3.05) is 4.90 Å². The van der Waals surface area contributed by atoms with Crippen LogP contribution in [0.15, 0.2) is 211 Å². The van der Waals surface area contributed by atoms with Gasteiger partial charge >= 0.3 is 0 Å². The summed E-state index contributed by atoms with van der Waals surface area (Å²) in [4.78, 5) is 7.29.